The number of hydrogen-bond donors (Lipinski definition) is 1. The molecule has 1 aromatic carbocycles. The van der Waals surface area contributed by atoms with E-state index in [4.69, 9.17) is 4.42 Å². The number of nitrogens with zero attached hydrogens (tertiary/aromatic N) is 5. The Bertz CT molecular complexity index is 853. The fourth-order valence-electron chi connectivity index (χ4n) is 3.36. The third kappa shape index (κ3) is 4.22. The molecule has 0 radical (unpaired) electrons. The summed E-state index contributed by atoms with van der Waals surface area (Å²) in [5.74, 6) is 1.72. The Morgan fingerprint density at radius 2 is 1.96 bits per heavy atom. The van der Waals surface area contributed by atoms with E-state index in [1.54, 1.807) is 10.9 Å². The molecule has 8 heteroatoms. The monoisotopic (exact) mass is 366 g/mol. The third-order valence-electron chi connectivity index (χ3n) is 4.88. The molecule has 1 aliphatic rings. The number of nitrogens with one attached hydrogen (secondary N) is 1. The molecule has 2 aromatic heterocycles. The second-order valence-electron chi connectivity index (χ2n) is 6.69. The molecule has 0 bridgehead atoms. The molecule has 0 spiro atoms. The van der Waals surface area contributed by atoms with Gasteiger partial charge in [-0.1, -0.05) is 18.2 Å². The van der Waals surface area contributed by atoms with Crippen molar-refractivity contribution in [3.05, 3.63) is 60.3 Å². The van der Waals surface area contributed by atoms with Gasteiger partial charge < -0.3 is 9.73 Å². The molecule has 1 amide bonds. The Kier molecular flexibility index (Phi) is 5.24. The number of benzene rings is 1. The lowest BCUT2D eigenvalue weighted by Crippen LogP contribution is -2.40. The topological polar surface area (TPSA) is 89.1 Å². The zero-order chi connectivity index (χ0) is 18.5. The molecular weight excluding hydrogens is 344 g/mol. The molecule has 4 rings (SSSR count). The normalized spacial score (nSPS) is 15.7. The number of tetrazole rings is 1. The Hall–Kier alpha value is -3.00. The summed E-state index contributed by atoms with van der Waals surface area (Å²) in [5.41, 5.74) is 0.949. The summed E-state index contributed by atoms with van der Waals surface area (Å²) in [6, 6.07) is 13.5. The summed E-state index contributed by atoms with van der Waals surface area (Å²) in [5, 5.41) is 15.0. The molecule has 1 aliphatic heterocycles. The number of furan rings is 1. The number of para-hydroxylation sites is 1. The largest absolute Gasteiger partial charge is 0.467 e. The maximum atomic E-state index is 12.3. The van der Waals surface area contributed by atoms with Gasteiger partial charge in [-0.3, -0.25) is 9.69 Å². The summed E-state index contributed by atoms with van der Waals surface area (Å²) in [6.07, 6.45) is 3.27. The standard InChI is InChI=1S/C19H22N6O2/c26-19(20-13-17-7-4-12-27-17)15-8-10-24(11-9-15)14-18-21-22-23-25(18)16-5-2-1-3-6-16/h1-7,12,15H,8-11,13-14H2,(H,20,26). The van der Waals surface area contributed by atoms with Crippen LogP contribution in [0.25, 0.3) is 5.69 Å². The molecule has 0 unspecified atom stereocenters. The summed E-state index contributed by atoms with van der Waals surface area (Å²) in [4.78, 5) is 14.6. The van der Waals surface area contributed by atoms with Crippen molar-refractivity contribution in [1.82, 2.24) is 30.4 Å². The van der Waals surface area contributed by atoms with Crippen LogP contribution in [0.3, 0.4) is 0 Å². The van der Waals surface area contributed by atoms with Crippen LogP contribution < -0.4 is 5.32 Å². The number of likely N-dealkylation sites (tertiary alicyclic amines) is 1. The van der Waals surface area contributed by atoms with Gasteiger partial charge in [0.1, 0.15) is 5.76 Å². The zero-order valence-corrected chi connectivity index (χ0v) is 15.0. The highest BCUT2D eigenvalue weighted by molar-refractivity contribution is 5.78. The van der Waals surface area contributed by atoms with Crippen molar-refractivity contribution in [2.45, 2.75) is 25.9 Å². The van der Waals surface area contributed by atoms with Crippen molar-refractivity contribution >= 4 is 5.91 Å². The Morgan fingerprint density at radius 1 is 1.15 bits per heavy atom. The first kappa shape index (κ1) is 17.4. The second kappa shape index (κ2) is 8.13. The average molecular weight is 366 g/mol. The van der Waals surface area contributed by atoms with Gasteiger partial charge in [-0.15, -0.1) is 5.10 Å². The maximum Gasteiger partial charge on any atom is 0.223 e. The lowest BCUT2D eigenvalue weighted by atomic mass is 9.96. The SMILES string of the molecule is O=C(NCc1ccco1)C1CCN(Cc2nnnn2-c2ccccc2)CC1. The molecule has 0 atom stereocenters. The number of amides is 1. The van der Waals surface area contributed by atoms with Gasteiger partial charge in [0, 0.05) is 5.92 Å². The first-order valence-electron chi connectivity index (χ1n) is 9.15. The van der Waals surface area contributed by atoms with Crippen LogP contribution in [0, 0.1) is 5.92 Å². The Labute approximate surface area is 157 Å². The highest BCUT2D eigenvalue weighted by atomic mass is 16.3. The van der Waals surface area contributed by atoms with Gasteiger partial charge >= 0.3 is 0 Å². The van der Waals surface area contributed by atoms with Crippen LogP contribution in [-0.2, 0) is 17.9 Å². The van der Waals surface area contributed by atoms with E-state index < -0.39 is 0 Å². The highest BCUT2D eigenvalue weighted by Gasteiger charge is 2.26. The first-order chi connectivity index (χ1) is 13.3. The van der Waals surface area contributed by atoms with Crippen molar-refractivity contribution in [3.8, 4) is 5.69 Å². The number of hydrogen-bond acceptors (Lipinski definition) is 6. The number of carbonyl (C=O) groups excluding carboxylic acids is 1. The number of carbonyl (C=O) groups is 1. The van der Waals surface area contributed by atoms with Gasteiger partial charge in [0.15, 0.2) is 5.82 Å². The van der Waals surface area contributed by atoms with E-state index in [1.807, 2.05) is 42.5 Å². The minimum Gasteiger partial charge on any atom is -0.467 e. The van der Waals surface area contributed by atoms with Gasteiger partial charge in [-0.25, -0.2) is 0 Å². The highest BCUT2D eigenvalue weighted by Crippen LogP contribution is 2.19. The number of rotatable bonds is 6. The van der Waals surface area contributed by atoms with Gasteiger partial charge in [0.2, 0.25) is 5.91 Å². The van der Waals surface area contributed by atoms with Crippen molar-refractivity contribution in [2.75, 3.05) is 13.1 Å². The third-order valence-corrected chi connectivity index (χ3v) is 4.88. The van der Waals surface area contributed by atoms with Gasteiger partial charge in [-0.05, 0) is 60.6 Å². The summed E-state index contributed by atoms with van der Waals surface area (Å²) in [7, 11) is 0. The quantitative estimate of drug-likeness (QED) is 0.715. The minimum atomic E-state index is 0.0429. The lowest BCUT2D eigenvalue weighted by molar-refractivity contribution is -0.126. The van der Waals surface area contributed by atoms with Crippen LogP contribution >= 0.6 is 0 Å². The smallest absolute Gasteiger partial charge is 0.223 e. The molecule has 0 saturated carbocycles. The van der Waals surface area contributed by atoms with Crippen molar-refractivity contribution in [3.63, 3.8) is 0 Å². The van der Waals surface area contributed by atoms with Gasteiger partial charge in [0.25, 0.3) is 0 Å². The Morgan fingerprint density at radius 3 is 2.70 bits per heavy atom. The van der Waals surface area contributed by atoms with Crippen molar-refractivity contribution < 1.29 is 9.21 Å². The molecule has 0 aliphatic carbocycles. The summed E-state index contributed by atoms with van der Waals surface area (Å²) >= 11 is 0. The molecule has 3 aromatic rings. The molecule has 1 saturated heterocycles. The first-order valence-corrected chi connectivity index (χ1v) is 9.15. The molecule has 1 fully saturated rings. The van der Waals surface area contributed by atoms with Crippen LogP contribution in [0.1, 0.15) is 24.4 Å². The average Bonchev–Trinajstić information content (AvgIpc) is 3.39. The van der Waals surface area contributed by atoms with Crippen LogP contribution in [0.2, 0.25) is 0 Å². The second-order valence-corrected chi connectivity index (χ2v) is 6.69. The van der Waals surface area contributed by atoms with E-state index in [1.165, 1.54) is 0 Å². The predicted octanol–water partition coefficient (Wildman–Crippen LogP) is 1.78. The van der Waals surface area contributed by atoms with E-state index in [0.717, 1.165) is 43.2 Å². The lowest BCUT2D eigenvalue weighted by Gasteiger charge is -2.30. The van der Waals surface area contributed by atoms with E-state index >= 15 is 0 Å². The van der Waals surface area contributed by atoms with Crippen LogP contribution in [0.15, 0.2) is 53.1 Å². The Balaban J connectivity index is 1.29. The molecule has 140 valence electrons. The van der Waals surface area contributed by atoms with Crippen molar-refractivity contribution in [2.24, 2.45) is 5.92 Å². The number of piperidine rings is 1. The summed E-state index contributed by atoms with van der Waals surface area (Å²) in [6.45, 7) is 2.81. The molecular formula is C19H22N6O2. The molecule has 8 nitrogen and oxygen atoms in total. The van der Waals surface area contributed by atoms with E-state index in [2.05, 4.69) is 25.7 Å². The van der Waals surface area contributed by atoms with Crippen molar-refractivity contribution in [1.29, 1.82) is 0 Å². The molecule has 27 heavy (non-hydrogen) atoms. The molecule has 3 heterocycles. The van der Waals surface area contributed by atoms with Gasteiger partial charge in [-0.2, -0.15) is 4.68 Å². The van der Waals surface area contributed by atoms with Crippen LogP contribution in [0.4, 0.5) is 0 Å². The van der Waals surface area contributed by atoms with E-state index in [-0.39, 0.29) is 11.8 Å². The number of aromatic nitrogens is 4. The van der Waals surface area contributed by atoms with Gasteiger partial charge in [0.05, 0.1) is 25.0 Å². The van der Waals surface area contributed by atoms with Crippen LogP contribution in [0.5, 0.6) is 0 Å². The van der Waals surface area contributed by atoms with Crippen LogP contribution in [-0.4, -0.2) is 44.1 Å². The minimum absolute atomic E-state index is 0.0429. The molecule has 1 N–H and O–H groups in total. The van der Waals surface area contributed by atoms with E-state index in [0.29, 0.717) is 13.1 Å². The zero-order valence-electron chi connectivity index (χ0n) is 15.0. The fraction of sp³-hybridized carbons (Fsp3) is 0.368. The van der Waals surface area contributed by atoms with E-state index in [9.17, 15) is 4.79 Å². The summed E-state index contributed by atoms with van der Waals surface area (Å²) < 4.78 is 7.02. The maximum absolute atomic E-state index is 12.3. The predicted molar refractivity (Wildman–Crippen MR) is 97.7 cm³/mol. The fourth-order valence-corrected chi connectivity index (χ4v) is 3.36.